The van der Waals surface area contributed by atoms with Gasteiger partial charge in [-0.2, -0.15) is 12.7 Å². The molecule has 0 aromatic heterocycles. The molecule has 0 aromatic carbocycles. The fourth-order valence-electron chi connectivity index (χ4n) is 1.33. The molecule has 2 N–H and O–H groups in total. The van der Waals surface area contributed by atoms with E-state index in [0.29, 0.717) is 32.7 Å². The molecule has 0 bridgehead atoms. The Hall–Kier alpha value is -0.210. The van der Waals surface area contributed by atoms with Crippen molar-refractivity contribution >= 4 is 10.3 Å². The number of aliphatic hydroxyl groups excluding tert-OH is 1. The fraction of sp³-hybridized carbons (Fsp3) is 1.00. The summed E-state index contributed by atoms with van der Waals surface area (Å²) < 4.78 is 31.0. The monoisotopic (exact) mass is 240 g/mol. The van der Waals surface area contributed by atoms with Gasteiger partial charge in [0.25, 0.3) is 0 Å². The predicted octanol–water partition coefficient (Wildman–Crippen LogP) is -0.575. The van der Waals surface area contributed by atoms with Crippen LogP contribution in [-0.4, -0.2) is 66.6 Å². The van der Waals surface area contributed by atoms with Crippen molar-refractivity contribution in [1.29, 1.82) is 0 Å². The minimum absolute atomic E-state index is 0.0753. The van der Waals surface area contributed by atoms with Crippen molar-refractivity contribution in [2.45, 2.75) is 13.8 Å². The van der Waals surface area contributed by atoms with Crippen LogP contribution in [0.3, 0.4) is 0 Å². The van der Waals surface area contributed by atoms with E-state index in [4.69, 9.17) is 9.66 Å². The molecule has 92 valence electrons. The second kappa shape index (κ2) is 7.13. The molecule has 1 aliphatic rings. The predicted molar refractivity (Wildman–Crippen MR) is 58.0 cm³/mol. The van der Waals surface area contributed by atoms with Gasteiger partial charge in [0.2, 0.25) is 0 Å². The van der Waals surface area contributed by atoms with E-state index in [1.807, 2.05) is 18.7 Å². The second-order valence-corrected chi connectivity index (χ2v) is 4.35. The summed E-state index contributed by atoms with van der Waals surface area (Å²) in [5.74, 6) is 0. The van der Waals surface area contributed by atoms with Crippen molar-refractivity contribution in [1.82, 2.24) is 9.21 Å². The van der Waals surface area contributed by atoms with Crippen LogP contribution in [0.15, 0.2) is 0 Å². The molecular weight excluding hydrogens is 220 g/mol. The van der Waals surface area contributed by atoms with Gasteiger partial charge in [-0.15, -0.1) is 0 Å². The summed E-state index contributed by atoms with van der Waals surface area (Å²) >= 11 is 0. The summed E-state index contributed by atoms with van der Waals surface area (Å²) in [5, 5.41) is 8.62. The highest BCUT2D eigenvalue weighted by Gasteiger charge is 2.24. The van der Waals surface area contributed by atoms with Crippen molar-refractivity contribution in [3.63, 3.8) is 0 Å². The second-order valence-electron chi connectivity index (χ2n) is 2.94. The van der Waals surface area contributed by atoms with Crippen LogP contribution in [0.2, 0.25) is 0 Å². The van der Waals surface area contributed by atoms with Crippen LogP contribution < -0.4 is 0 Å². The molecule has 15 heavy (non-hydrogen) atoms. The minimum atomic E-state index is -4.02. The first-order chi connectivity index (χ1) is 7.04. The summed E-state index contributed by atoms with van der Waals surface area (Å²) in [4.78, 5) is 1.95. The highest BCUT2D eigenvalue weighted by atomic mass is 32.2. The van der Waals surface area contributed by atoms with E-state index >= 15 is 0 Å². The molecule has 1 heterocycles. The van der Waals surface area contributed by atoms with Gasteiger partial charge in [-0.25, -0.2) is 0 Å². The Morgan fingerprint density at radius 2 is 1.60 bits per heavy atom. The zero-order valence-electron chi connectivity index (χ0n) is 9.26. The van der Waals surface area contributed by atoms with Gasteiger partial charge < -0.3 is 5.11 Å². The zero-order chi connectivity index (χ0) is 11.9. The quantitative estimate of drug-likeness (QED) is 0.645. The molecule has 1 fully saturated rings. The topological polar surface area (TPSA) is 81.1 Å². The third-order valence-corrected chi connectivity index (χ3v) is 3.09. The number of rotatable bonds is 3. The Kier molecular flexibility index (Phi) is 7.03. The molecule has 1 rings (SSSR count). The van der Waals surface area contributed by atoms with Crippen LogP contribution in [0, 0.1) is 0 Å². The van der Waals surface area contributed by atoms with Gasteiger partial charge in [-0.05, 0) is 0 Å². The molecule has 0 aromatic rings. The third-order valence-electron chi connectivity index (χ3n) is 2.07. The SMILES string of the molecule is CC.O=S(=O)(O)N1CCN(CCO)CC1. The lowest BCUT2D eigenvalue weighted by Crippen LogP contribution is -2.49. The summed E-state index contributed by atoms with van der Waals surface area (Å²) in [6.45, 7) is 6.32. The molecule has 0 atom stereocenters. The summed E-state index contributed by atoms with van der Waals surface area (Å²) in [6, 6.07) is 0. The first-order valence-electron chi connectivity index (χ1n) is 5.10. The van der Waals surface area contributed by atoms with Gasteiger partial charge in [0.15, 0.2) is 0 Å². The smallest absolute Gasteiger partial charge is 0.335 e. The first-order valence-corrected chi connectivity index (χ1v) is 6.49. The average molecular weight is 240 g/mol. The standard InChI is InChI=1S/C6H14N2O4S.C2H6/c9-6-5-7-1-3-8(4-2-7)13(10,11)12;1-2/h9H,1-6H2,(H,10,11,12);1-2H3. The Bertz CT molecular complexity index is 247. The minimum Gasteiger partial charge on any atom is -0.395 e. The van der Waals surface area contributed by atoms with Crippen molar-refractivity contribution in [2.75, 3.05) is 39.3 Å². The maximum Gasteiger partial charge on any atom is 0.335 e. The summed E-state index contributed by atoms with van der Waals surface area (Å²) in [6.07, 6.45) is 0. The lowest BCUT2D eigenvalue weighted by Gasteiger charge is -2.31. The van der Waals surface area contributed by atoms with Crippen LogP contribution in [0.1, 0.15) is 13.8 Å². The molecular formula is C8H20N2O4S. The third kappa shape index (κ3) is 5.43. The van der Waals surface area contributed by atoms with Crippen LogP contribution >= 0.6 is 0 Å². The number of hydrogen-bond acceptors (Lipinski definition) is 4. The van der Waals surface area contributed by atoms with E-state index in [1.54, 1.807) is 0 Å². The Labute approximate surface area is 91.4 Å². The molecule has 0 saturated carbocycles. The normalized spacial score (nSPS) is 19.5. The molecule has 0 unspecified atom stereocenters. The van der Waals surface area contributed by atoms with E-state index in [2.05, 4.69) is 0 Å². The average Bonchev–Trinajstić information content (AvgIpc) is 2.21. The van der Waals surface area contributed by atoms with E-state index in [0.717, 1.165) is 4.31 Å². The molecule has 1 aliphatic heterocycles. The van der Waals surface area contributed by atoms with Crippen LogP contribution in [0.4, 0.5) is 0 Å². The maximum atomic E-state index is 10.7. The van der Waals surface area contributed by atoms with Gasteiger partial charge in [0, 0.05) is 32.7 Å². The number of piperazine rings is 1. The van der Waals surface area contributed by atoms with E-state index in [9.17, 15) is 8.42 Å². The van der Waals surface area contributed by atoms with E-state index in [1.165, 1.54) is 0 Å². The van der Waals surface area contributed by atoms with Gasteiger partial charge in [-0.3, -0.25) is 9.45 Å². The molecule has 0 aliphatic carbocycles. The first kappa shape index (κ1) is 14.8. The molecule has 1 saturated heterocycles. The van der Waals surface area contributed by atoms with Crippen molar-refractivity contribution < 1.29 is 18.1 Å². The number of hydrogen-bond donors (Lipinski definition) is 2. The largest absolute Gasteiger partial charge is 0.395 e. The van der Waals surface area contributed by atoms with E-state index < -0.39 is 10.3 Å². The van der Waals surface area contributed by atoms with Gasteiger partial charge in [0.05, 0.1) is 6.61 Å². The fourth-order valence-corrected chi connectivity index (χ4v) is 1.95. The number of aliphatic hydroxyl groups is 1. The maximum absolute atomic E-state index is 10.7. The number of β-amino-alcohol motifs (C(OH)–C–C–N with tert-alkyl or cyclic N) is 1. The summed E-state index contributed by atoms with van der Waals surface area (Å²) in [5.41, 5.74) is 0. The zero-order valence-corrected chi connectivity index (χ0v) is 10.1. The highest BCUT2D eigenvalue weighted by Crippen LogP contribution is 2.04. The van der Waals surface area contributed by atoms with E-state index in [-0.39, 0.29) is 6.61 Å². The Morgan fingerprint density at radius 1 is 1.13 bits per heavy atom. The molecule has 0 amide bonds. The van der Waals surface area contributed by atoms with Crippen molar-refractivity contribution in [3.05, 3.63) is 0 Å². The molecule has 0 radical (unpaired) electrons. The lowest BCUT2D eigenvalue weighted by atomic mass is 10.4. The van der Waals surface area contributed by atoms with Gasteiger partial charge in [0.1, 0.15) is 0 Å². The highest BCUT2D eigenvalue weighted by molar-refractivity contribution is 7.83. The van der Waals surface area contributed by atoms with Gasteiger partial charge in [-0.1, -0.05) is 13.8 Å². The number of nitrogens with zero attached hydrogens (tertiary/aromatic N) is 2. The molecule has 0 spiro atoms. The van der Waals surface area contributed by atoms with Crippen LogP contribution in [-0.2, 0) is 10.3 Å². The summed E-state index contributed by atoms with van der Waals surface area (Å²) in [7, 11) is -4.02. The van der Waals surface area contributed by atoms with Crippen molar-refractivity contribution in [3.8, 4) is 0 Å². The Balaban J connectivity index is 0.000000921. The Morgan fingerprint density at radius 3 is 1.93 bits per heavy atom. The van der Waals surface area contributed by atoms with Gasteiger partial charge >= 0.3 is 10.3 Å². The lowest BCUT2D eigenvalue weighted by molar-refractivity contribution is 0.147. The van der Waals surface area contributed by atoms with Crippen LogP contribution in [0.25, 0.3) is 0 Å². The molecule has 7 heteroatoms. The molecule has 6 nitrogen and oxygen atoms in total. The van der Waals surface area contributed by atoms with Crippen molar-refractivity contribution in [2.24, 2.45) is 0 Å². The van der Waals surface area contributed by atoms with Crippen LogP contribution in [0.5, 0.6) is 0 Å².